The highest BCUT2D eigenvalue weighted by molar-refractivity contribution is 9.10. The van der Waals surface area contributed by atoms with Crippen LogP contribution >= 0.6 is 27.7 Å². The molecule has 9 heteroatoms. The molecule has 0 radical (unpaired) electrons. The largest absolute Gasteiger partial charge is 0.379 e. The van der Waals surface area contributed by atoms with Crippen molar-refractivity contribution in [3.8, 4) is 0 Å². The summed E-state index contributed by atoms with van der Waals surface area (Å²) < 4.78 is 32.9. The maximum absolute atomic E-state index is 12.9. The van der Waals surface area contributed by atoms with Gasteiger partial charge in [-0.05, 0) is 58.4 Å². The van der Waals surface area contributed by atoms with Crippen molar-refractivity contribution in [2.75, 3.05) is 38.6 Å². The summed E-state index contributed by atoms with van der Waals surface area (Å²) in [6.45, 7) is 1.89. The highest BCUT2D eigenvalue weighted by atomic mass is 79.9. The van der Waals surface area contributed by atoms with E-state index < -0.39 is 10.0 Å². The van der Waals surface area contributed by atoms with Gasteiger partial charge in [0.1, 0.15) is 0 Å². The van der Waals surface area contributed by atoms with Gasteiger partial charge in [-0.1, -0.05) is 18.2 Å². The molecule has 1 aliphatic rings. The Morgan fingerprint density at radius 2 is 1.86 bits per heavy atom. The molecule has 156 valence electrons. The van der Waals surface area contributed by atoms with E-state index in [1.165, 1.54) is 15.3 Å². The number of halogens is 1. The second kappa shape index (κ2) is 10.6. The zero-order valence-electron chi connectivity index (χ0n) is 15.8. The molecule has 0 aromatic heterocycles. The van der Waals surface area contributed by atoms with Crippen LogP contribution in [0.4, 0.5) is 0 Å². The summed E-state index contributed by atoms with van der Waals surface area (Å²) in [5.74, 6) is 0.613. The fraction of sp³-hybridized carbons (Fsp3) is 0.350. The molecule has 1 fully saturated rings. The number of morpholine rings is 1. The molecule has 0 spiro atoms. The number of carbonyl (C=O) groups is 1. The Kier molecular flexibility index (Phi) is 8.14. The van der Waals surface area contributed by atoms with Crippen molar-refractivity contribution in [1.29, 1.82) is 0 Å². The Balaban J connectivity index is 1.57. The van der Waals surface area contributed by atoms with Gasteiger partial charge in [0.15, 0.2) is 0 Å². The SMILES string of the molecule is O=C(NCCCSc1ccccc1)c1ccc(Br)c(S(=O)(=O)N2CCOCC2)c1. The van der Waals surface area contributed by atoms with Crippen molar-refractivity contribution in [3.05, 3.63) is 58.6 Å². The van der Waals surface area contributed by atoms with E-state index in [4.69, 9.17) is 4.74 Å². The monoisotopic (exact) mass is 498 g/mol. The third kappa shape index (κ3) is 6.05. The van der Waals surface area contributed by atoms with Gasteiger partial charge in [-0.2, -0.15) is 4.31 Å². The van der Waals surface area contributed by atoms with E-state index >= 15 is 0 Å². The number of nitrogens with zero attached hydrogens (tertiary/aromatic N) is 1. The standard InChI is InChI=1S/C20H23BrN2O4S2/c21-18-8-7-16(15-19(18)29(25,26)23-10-12-27-13-11-23)20(24)22-9-4-14-28-17-5-2-1-3-6-17/h1-3,5-8,15H,4,9-14H2,(H,22,24). The van der Waals surface area contributed by atoms with Crippen LogP contribution < -0.4 is 5.32 Å². The second-order valence-electron chi connectivity index (χ2n) is 6.43. The quantitative estimate of drug-likeness (QED) is 0.445. The molecule has 29 heavy (non-hydrogen) atoms. The van der Waals surface area contributed by atoms with Crippen LogP contribution in [0.1, 0.15) is 16.8 Å². The molecule has 2 aromatic carbocycles. The van der Waals surface area contributed by atoms with Gasteiger partial charge in [0, 0.05) is 34.6 Å². The molecule has 0 saturated carbocycles. The Bertz CT molecular complexity index is 933. The number of benzene rings is 2. The number of rotatable bonds is 8. The van der Waals surface area contributed by atoms with Gasteiger partial charge in [-0.15, -0.1) is 11.8 Å². The minimum absolute atomic E-state index is 0.103. The number of nitrogens with one attached hydrogen (secondary N) is 1. The van der Waals surface area contributed by atoms with Crippen LogP contribution in [0.5, 0.6) is 0 Å². The first-order valence-corrected chi connectivity index (χ1v) is 12.5. The number of ether oxygens (including phenoxy) is 1. The lowest BCUT2D eigenvalue weighted by molar-refractivity contribution is 0.0730. The van der Waals surface area contributed by atoms with E-state index in [2.05, 4.69) is 33.4 Å². The molecule has 2 aromatic rings. The van der Waals surface area contributed by atoms with Crippen LogP contribution in [0.2, 0.25) is 0 Å². The number of hydrogen-bond donors (Lipinski definition) is 1. The van der Waals surface area contributed by atoms with Gasteiger partial charge in [-0.3, -0.25) is 4.79 Å². The Labute approximate surface area is 184 Å². The molecule has 1 saturated heterocycles. The normalized spacial score (nSPS) is 15.2. The summed E-state index contributed by atoms with van der Waals surface area (Å²) in [6.07, 6.45) is 0.820. The van der Waals surface area contributed by atoms with Crippen molar-refractivity contribution in [2.24, 2.45) is 0 Å². The zero-order valence-corrected chi connectivity index (χ0v) is 19.1. The number of sulfonamides is 1. The predicted octanol–water partition coefficient (Wildman–Crippen LogP) is 3.38. The van der Waals surface area contributed by atoms with Crippen molar-refractivity contribution in [3.63, 3.8) is 0 Å². The summed E-state index contributed by atoms with van der Waals surface area (Å²) >= 11 is 5.04. The molecule has 1 heterocycles. The number of carbonyl (C=O) groups excluding carboxylic acids is 1. The molecular formula is C20H23BrN2O4S2. The van der Waals surface area contributed by atoms with Gasteiger partial charge in [0.25, 0.3) is 5.91 Å². The minimum atomic E-state index is -3.69. The van der Waals surface area contributed by atoms with Crippen LogP contribution in [0.25, 0.3) is 0 Å². The lowest BCUT2D eigenvalue weighted by atomic mass is 10.2. The van der Waals surface area contributed by atoms with Crippen molar-refractivity contribution in [2.45, 2.75) is 16.2 Å². The van der Waals surface area contributed by atoms with Crippen molar-refractivity contribution < 1.29 is 17.9 Å². The van der Waals surface area contributed by atoms with E-state index in [1.54, 1.807) is 23.9 Å². The van der Waals surface area contributed by atoms with Crippen LogP contribution in [-0.4, -0.2) is 57.2 Å². The molecule has 1 amide bonds. The average Bonchev–Trinajstić information content (AvgIpc) is 2.75. The number of amides is 1. The van der Waals surface area contributed by atoms with E-state index in [9.17, 15) is 13.2 Å². The minimum Gasteiger partial charge on any atom is -0.379 e. The second-order valence-corrected chi connectivity index (χ2v) is 10.4. The van der Waals surface area contributed by atoms with Crippen LogP contribution in [-0.2, 0) is 14.8 Å². The number of thioether (sulfide) groups is 1. The van der Waals surface area contributed by atoms with E-state index in [-0.39, 0.29) is 10.8 Å². The third-order valence-corrected chi connectivity index (χ3v) is 8.39. The summed E-state index contributed by atoms with van der Waals surface area (Å²) in [6, 6.07) is 14.8. The Hall–Kier alpha value is -1.39. The molecule has 0 unspecified atom stereocenters. The molecule has 1 N–H and O–H groups in total. The van der Waals surface area contributed by atoms with Crippen LogP contribution in [0.15, 0.2) is 62.8 Å². The molecule has 1 aliphatic heterocycles. The fourth-order valence-corrected chi connectivity index (χ4v) is 6.08. The molecular weight excluding hydrogens is 476 g/mol. The summed E-state index contributed by atoms with van der Waals surface area (Å²) in [5.41, 5.74) is 0.329. The zero-order chi connectivity index (χ0) is 20.7. The fourth-order valence-electron chi connectivity index (χ4n) is 2.85. The van der Waals surface area contributed by atoms with Crippen LogP contribution in [0.3, 0.4) is 0 Å². The van der Waals surface area contributed by atoms with Gasteiger partial charge in [0.2, 0.25) is 10.0 Å². The average molecular weight is 499 g/mol. The Morgan fingerprint density at radius 1 is 1.14 bits per heavy atom. The summed E-state index contributed by atoms with van der Waals surface area (Å²) in [4.78, 5) is 13.8. The maximum atomic E-state index is 12.9. The first kappa shape index (κ1) is 22.3. The van der Waals surface area contributed by atoms with Gasteiger partial charge in [-0.25, -0.2) is 8.42 Å². The highest BCUT2D eigenvalue weighted by Crippen LogP contribution is 2.27. The van der Waals surface area contributed by atoms with Gasteiger partial charge < -0.3 is 10.1 Å². The topological polar surface area (TPSA) is 75.7 Å². The summed E-state index contributed by atoms with van der Waals surface area (Å²) in [5, 5.41) is 2.87. The molecule has 0 bridgehead atoms. The highest BCUT2D eigenvalue weighted by Gasteiger charge is 2.28. The van der Waals surface area contributed by atoms with E-state index in [1.807, 2.05) is 18.2 Å². The first-order chi connectivity index (χ1) is 14.0. The molecule has 0 atom stereocenters. The summed E-state index contributed by atoms with van der Waals surface area (Å²) in [7, 11) is -3.69. The van der Waals surface area contributed by atoms with Crippen molar-refractivity contribution >= 4 is 43.6 Å². The van der Waals surface area contributed by atoms with Gasteiger partial charge in [0.05, 0.1) is 18.1 Å². The molecule has 0 aliphatic carbocycles. The van der Waals surface area contributed by atoms with E-state index in [0.29, 0.717) is 42.9 Å². The first-order valence-electron chi connectivity index (χ1n) is 9.32. The molecule has 3 rings (SSSR count). The Morgan fingerprint density at radius 3 is 2.59 bits per heavy atom. The smallest absolute Gasteiger partial charge is 0.251 e. The number of hydrogen-bond acceptors (Lipinski definition) is 5. The van der Waals surface area contributed by atoms with E-state index in [0.717, 1.165) is 12.2 Å². The van der Waals surface area contributed by atoms with Crippen LogP contribution in [0, 0.1) is 0 Å². The lowest BCUT2D eigenvalue weighted by Crippen LogP contribution is -2.40. The predicted molar refractivity (Wildman–Crippen MR) is 118 cm³/mol. The lowest BCUT2D eigenvalue weighted by Gasteiger charge is -2.26. The maximum Gasteiger partial charge on any atom is 0.251 e. The van der Waals surface area contributed by atoms with Gasteiger partial charge >= 0.3 is 0 Å². The molecule has 6 nitrogen and oxygen atoms in total. The van der Waals surface area contributed by atoms with Crippen molar-refractivity contribution in [1.82, 2.24) is 9.62 Å². The third-order valence-electron chi connectivity index (χ3n) is 4.40.